The summed E-state index contributed by atoms with van der Waals surface area (Å²) in [6.45, 7) is 7.73. The van der Waals surface area contributed by atoms with Crippen LogP contribution in [-0.4, -0.2) is 43.8 Å². The summed E-state index contributed by atoms with van der Waals surface area (Å²) in [5, 5.41) is 0. The Morgan fingerprint density at radius 3 is 2.81 bits per heavy atom. The maximum Gasteiger partial charge on any atom is 0.0494 e. The van der Waals surface area contributed by atoms with Gasteiger partial charge in [-0.3, -0.25) is 0 Å². The molecule has 94 valence electrons. The number of hydrogen-bond acceptors (Lipinski definition) is 3. The predicted octanol–water partition coefficient (Wildman–Crippen LogP) is 1.47. The van der Waals surface area contributed by atoms with E-state index in [0.717, 1.165) is 25.6 Å². The van der Waals surface area contributed by atoms with E-state index in [2.05, 4.69) is 11.8 Å². The fourth-order valence-electron chi connectivity index (χ4n) is 2.38. The molecule has 1 saturated heterocycles. The Morgan fingerprint density at radius 2 is 2.12 bits per heavy atom. The first-order chi connectivity index (χ1) is 7.75. The first-order valence-corrected chi connectivity index (χ1v) is 6.81. The average molecular weight is 226 g/mol. The SMILES string of the molecule is CC1CN(CCCOCC2CC2)CCC1N. The molecular formula is C13H26N2O. The molecule has 16 heavy (non-hydrogen) atoms. The van der Waals surface area contributed by atoms with Gasteiger partial charge in [0.1, 0.15) is 0 Å². The van der Waals surface area contributed by atoms with Crippen LogP contribution in [-0.2, 0) is 4.74 Å². The van der Waals surface area contributed by atoms with Gasteiger partial charge in [-0.15, -0.1) is 0 Å². The van der Waals surface area contributed by atoms with Crippen molar-refractivity contribution >= 4 is 0 Å². The molecule has 1 aliphatic heterocycles. The Bertz CT molecular complexity index is 206. The highest BCUT2D eigenvalue weighted by atomic mass is 16.5. The van der Waals surface area contributed by atoms with E-state index in [1.54, 1.807) is 0 Å². The Labute approximate surface area is 99.3 Å². The van der Waals surface area contributed by atoms with E-state index in [1.165, 1.54) is 38.9 Å². The molecule has 0 aromatic carbocycles. The lowest BCUT2D eigenvalue weighted by Gasteiger charge is -2.35. The van der Waals surface area contributed by atoms with Gasteiger partial charge in [0.2, 0.25) is 0 Å². The summed E-state index contributed by atoms with van der Waals surface area (Å²) in [6.07, 6.45) is 5.11. The molecule has 2 unspecified atom stereocenters. The van der Waals surface area contributed by atoms with Crippen LogP contribution in [0.25, 0.3) is 0 Å². The maximum atomic E-state index is 6.01. The second-order valence-corrected chi connectivity index (χ2v) is 5.60. The minimum absolute atomic E-state index is 0.419. The minimum Gasteiger partial charge on any atom is -0.381 e. The van der Waals surface area contributed by atoms with E-state index in [-0.39, 0.29) is 0 Å². The fourth-order valence-corrected chi connectivity index (χ4v) is 2.38. The van der Waals surface area contributed by atoms with E-state index in [4.69, 9.17) is 10.5 Å². The van der Waals surface area contributed by atoms with Crippen LogP contribution < -0.4 is 5.73 Å². The molecule has 1 saturated carbocycles. The van der Waals surface area contributed by atoms with Crippen LogP contribution >= 0.6 is 0 Å². The Morgan fingerprint density at radius 1 is 1.31 bits per heavy atom. The van der Waals surface area contributed by atoms with Gasteiger partial charge in [-0.2, -0.15) is 0 Å². The molecule has 1 heterocycles. The smallest absolute Gasteiger partial charge is 0.0494 e. The number of nitrogens with two attached hydrogens (primary N) is 1. The van der Waals surface area contributed by atoms with Crippen molar-refractivity contribution in [2.75, 3.05) is 32.8 Å². The Balaban J connectivity index is 1.48. The standard InChI is InChI=1S/C13H26N2O/c1-11-9-15(7-5-13(11)14)6-2-8-16-10-12-3-4-12/h11-13H,2-10,14H2,1H3. The highest BCUT2D eigenvalue weighted by Gasteiger charge is 2.23. The number of likely N-dealkylation sites (tertiary alicyclic amines) is 1. The first-order valence-electron chi connectivity index (χ1n) is 6.81. The number of rotatable bonds is 6. The van der Waals surface area contributed by atoms with Gasteiger partial charge in [-0.1, -0.05) is 6.92 Å². The van der Waals surface area contributed by atoms with Crippen LogP contribution in [0.5, 0.6) is 0 Å². The van der Waals surface area contributed by atoms with Crippen molar-refractivity contribution in [3.63, 3.8) is 0 Å². The lowest BCUT2D eigenvalue weighted by atomic mass is 9.95. The molecule has 0 radical (unpaired) electrons. The van der Waals surface area contributed by atoms with Crippen LogP contribution in [0, 0.1) is 11.8 Å². The summed E-state index contributed by atoms with van der Waals surface area (Å²) in [5.41, 5.74) is 6.01. The summed E-state index contributed by atoms with van der Waals surface area (Å²) in [4.78, 5) is 2.54. The molecule has 2 fully saturated rings. The van der Waals surface area contributed by atoms with Gasteiger partial charge in [0.15, 0.2) is 0 Å². The number of nitrogens with zero attached hydrogens (tertiary/aromatic N) is 1. The Kier molecular flexibility index (Phi) is 4.62. The number of piperidine rings is 1. The van der Waals surface area contributed by atoms with Crippen LogP contribution in [0.4, 0.5) is 0 Å². The van der Waals surface area contributed by atoms with Crippen molar-refractivity contribution in [1.29, 1.82) is 0 Å². The van der Waals surface area contributed by atoms with E-state index < -0.39 is 0 Å². The topological polar surface area (TPSA) is 38.5 Å². The molecule has 0 aromatic heterocycles. The van der Waals surface area contributed by atoms with Gasteiger partial charge in [0.25, 0.3) is 0 Å². The third-order valence-corrected chi connectivity index (χ3v) is 3.87. The molecule has 1 aliphatic carbocycles. The van der Waals surface area contributed by atoms with Crippen LogP contribution in [0.15, 0.2) is 0 Å². The maximum absolute atomic E-state index is 6.01. The fraction of sp³-hybridized carbons (Fsp3) is 1.00. The van der Waals surface area contributed by atoms with Gasteiger partial charge in [0, 0.05) is 32.3 Å². The zero-order valence-electron chi connectivity index (χ0n) is 10.5. The molecule has 3 heteroatoms. The van der Waals surface area contributed by atoms with Gasteiger partial charge in [-0.25, -0.2) is 0 Å². The van der Waals surface area contributed by atoms with Crippen molar-refractivity contribution in [3.8, 4) is 0 Å². The van der Waals surface area contributed by atoms with Gasteiger partial charge >= 0.3 is 0 Å². The molecule has 2 N–H and O–H groups in total. The summed E-state index contributed by atoms with van der Waals surface area (Å²) in [7, 11) is 0. The summed E-state index contributed by atoms with van der Waals surface area (Å²) in [6, 6.07) is 0.419. The van der Waals surface area contributed by atoms with Gasteiger partial charge < -0.3 is 15.4 Å². The molecule has 2 aliphatic rings. The molecule has 2 rings (SSSR count). The average Bonchev–Trinajstić information content (AvgIpc) is 3.07. The van der Waals surface area contributed by atoms with Crippen molar-refractivity contribution < 1.29 is 4.74 Å². The lowest BCUT2D eigenvalue weighted by Crippen LogP contribution is -2.46. The number of ether oxygens (including phenoxy) is 1. The van der Waals surface area contributed by atoms with E-state index in [0.29, 0.717) is 12.0 Å². The third kappa shape index (κ3) is 4.04. The van der Waals surface area contributed by atoms with Crippen molar-refractivity contribution in [2.24, 2.45) is 17.6 Å². The quantitative estimate of drug-likeness (QED) is 0.697. The van der Waals surface area contributed by atoms with Crippen LogP contribution in [0.1, 0.15) is 32.6 Å². The summed E-state index contributed by atoms with van der Waals surface area (Å²) >= 11 is 0. The monoisotopic (exact) mass is 226 g/mol. The highest BCUT2D eigenvalue weighted by Crippen LogP contribution is 2.28. The summed E-state index contributed by atoms with van der Waals surface area (Å²) < 4.78 is 5.65. The molecule has 0 amide bonds. The third-order valence-electron chi connectivity index (χ3n) is 3.87. The van der Waals surface area contributed by atoms with Crippen molar-refractivity contribution in [3.05, 3.63) is 0 Å². The first kappa shape index (κ1) is 12.3. The molecule has 0 bridgehead atoms. The molecule has 2 atom stereocenters. The lowest BCUT2D eigenvalue weighted by molar-refractivity contribution is 0.101. The Hall–Kier alpha value is -0.120. The van der Waals surface area contributed by atoms with Crippen molar-refractivity contribution in [1.82, 2.24) is 4.90 Å². The molecular weight excluding hydrogens is 200 g/mol. The minimum atomic E-state index is 0.419. The molecule has 0 spiro atoms. The zero-order valence-corrected chi connectivity index (χ0v) is 10.5. The largest absolute Gasteiger partial charge is 0.381 e. The van der Waals surface area contributed by atoms with Crippen LogP contribution in [0.2, 0.25) is 0 Å². The highest BCUT2D eigenvalue weighted by molar-refractivity contribution is 4.79. The normalized spacial score (nSPS) is 31.9. The van der Waals surface area contributed by atoms with Gasteiger partial charge in [0.05, 0.1) is 0 Å². The second-order valence-electron chi connectivity index (χ2n) is 5.60. The number of hydrogen-bond donors (Lipinski definition) is 1. The molecule has 0 aromatic rings. The van der Waals surface area contributed by atoms with Crippen molar-refractivity contribution in [2.45, 2.75) is 38.6 Å². The van der Waals surface area contributed by atoms with E-state index in [1.807, 2.05) is 0 Å². The van der Waals surface area contributed by atoms with E-state index in [9.17, 15) is 0 Å². The zero-order chi connectivity index (χ0) is 11.4. The van der Waals surface area contributed by atoms with Crippen LogP contribution in [0.3, 0.4) is 0 Å². The van der Waals surface area contributed by atoms with E-state index >= 15 is 0 Å². The second kappa shape index (κ2) is 5.99. The van der Waals surface area contributed by atoms with Gasteiger partial charge in [-0.05, 0) is 44.1 Å². The predicted molar refractivity (Wildman–Crippen MR) is 66.4 cm³/mol. The summed E-state index contributed by atoms with van der Waals surface area (Å²) in [5.74, 6) is 1.55. The molecule has 3 nitrogen and oxygen atoms in total.